The summed E-state index contributed by atoms with van der Waals surface area (Å²) in [6, 6.07) is 14.5. The van der Waals surface area contributed by atoms with Crippen molar-refractivity contribution >= 4 is 47.2 Å². The number of amides is 7. The first-order valence-corrected chi connectivity index (χ1v) is 20.2. The molecule has 4 atom stereocenters. The van der Waals surface area contributed by atoms with Crippen molar-refractivity contribution in [2.75, 3.05) is 38.1 Å². The van der Waals surface area contributed by atoms with Gasteiger partial charge in [-0.2, -0.15) is 0 Å². The van der Waals surface area contributed by atoms with Crippen LogP contribution in [0.5, 0.6) is 0 Å². The Labute approximate surface area is 336 Å². The van der Waals surface area contributed by atoms with Crippen LogP contribution in [-0.4, -0.2) is 113 Å². The van der Waals surface area contributed by atoms with Crippen molar-refractivity contribution in [1.82, 2.24) is 25.3 Å². The van der Waals surface area contributed by atoms with Crippen molar-refractivity contribution in [2.45, 2.75) is 117 Å². The molecule has 312 valence electrons. The molecule has 5 N–H and O–H groups in total. The van der Waals surface area contributed by atoms with Gasteiger partial charge >= 0.3 is 12.0 Å². The van der Waals surface area contributed by atoms with Crippen molar-refractivity contribution < 1.29 is 38.3 Å². The maximum atomic E-state index is 13.4. The maximum Gasteiger partial charge on any atom is 0.328 e. The first-order chi connectivity index (χ1) is 27.4. The van der Waals surface area contributed by atoms with Crippen molar-refractivity contribution in [3.8, 4) is 0 Å². The quantitative estimate of drug-likeness (QED) is 0.336. The van der Waals surface area contributed by atoms with Gasteiger partial charge in [0.15, 0.2) is 0 Å². The molecule has 0 aliphatic carbocycles. The molecule has 6 rings (SSSR count). The number of benzene rings is 2. The average molecular weight is 792 g/mol. The fourth-order valence-electron chi connectivity index (χ4n) is 7.06. The van der Waals surface area contributed by atoms with Gasteiger partial charge in [-0.05, 0) is 82.9 Å². The first-order valence-electron chi connectivity index (χ1n) is 20.2. The zero-order chi connectivity index (χ0) is 41.9. The lowest BCUT2D eigenvalue weighted by molar-refractivity contribution is -0.156. The van der Waals surface area contributed by atoms with Gasteiger partial charge in [-0.1, -0.05) is 68.8 Å². The number of hydrogen-bond donors (Lipinski definition) is 4. The van der Waals surface area contributed by atoms with Crippen molar-refractivity contribution in [3.05, 3.63) is 65.7 Å². The number of ether oxygens (including phenoxy) is 1. The van der Waals surface area contributed by atoms with Gasteiger partial charge in [0, 0.05) is 25.3 Å². The number of carbonyl (C=O) groups excluding carboxylic acids is 7. The zero-order valence-electron chi connectivity index (χ0n) is 34.1. The number of hydrogen-bond acceptors (Lipinski definition) is 8. The summed E-state index contributed by atoms with van der Waals surface area (Å²) in [4.78, 5) is 91.2. The molecule has 0 saturated carbocycles. The second-order valence-electron chi connectivity index (χ2n) is 14.1. The molecule has 15 nitrogen and oxygen atoms in total. The lowest BCUT2D eigenvalue weighted by Gasteiger charge is -2.38. The fourth-order valence-corrected chi connectivity index (χ4v) is 7.06. The lowest BCUT2D eigenvalue weighted by atomic mass is 9.99. The molecule has 4 aliphatic heterocycles. The minimum atomic E-state index is -0.813. The van der Waals surface area contributed by atoms with Gasteiger partial charge in [-0.15, -0.1) is 0 Å². The Morgan fingerprint density at radius 1 is 0.789 bits per heavy atom. The van der Waals surface area contributed by atoms with Crippen LogP contribution >= 0.6 is 0 Å². The molecule has 2 aromatic carbocycles. The molecular weight excluding hydrogens is 731 g/mol. The largest absolute Gasteiger partial charge is 0.464 e. The first kappa shape index (κ1) is 45.9. The Balaban J connectivity index is 0.000000287. The zero-order valence-corrected chi connectivity index (χ0v) is 34.1. The molecule has 4 saturated heterocycles. The van der Waals surface area contributed by atoms with Gasteiger partial charge in [0.2, 0.25) is 29.5 Å². The molecule has 15 heteroatoms. The monoisotopic (exact) mass is 791 g/mol. The maximum absolute atomic E-state index is 13.4. The number of urea groups is 1. The minimum Gasteiger partial charge on any atom is -0.464 e. The number of nitrogens with one attached hydrogen (secondary N) is 3. The summed E-state index contributed by atoms with van der Waals surface area (Å²) >= 11 is 0. The van der Waals surface area contributed by atoms with Crippen LogP contribution in [0.3, 0.4) is 0 Å². The van der Waals surface area contributed by atoms with Crippen LogP contribution < -0.4 is 21.7 Å². The molecule has 0 radical (unpaired) electrons. The highest BCUT2D eigenvalue weighted by Crippen LogP contribution is 2.26. The number of piperidine rings is 1. The summed E-state index contributed by atoms with van der Waals surface area (Å²) in [5.41, 5.74) is 8.09. The number of esters is 1. The van der Waals surface area contributed by atoms with E-state index in [1.54, 1.807) is 16.7 Å². The van der Waals surface area contributed by atoms with Crippen LogP contribution in [0.15, 0.2) is 54.6 Å². The molecule has 57 heavy (non-hydrogen) atoms. The number of anilines is 1. The van der Waals surface area contributed by atoms with E-state index in [0.29, 0.717) is 51.0 Å². The third kappa shape index (κ3) is 13.9. The van der Waals surface area contributed by atoms with Gasteiger partial charge in [0.05, 0.1) is 13.0 Å². The topological polar surface area (TPSA) is 201 Å². The Morgan fingerprint density at radius 2 is 1.39 bits per heavy atom. The van der Waals surface area contributed by atoms with Gasteiger partial charge in [0.25, 0.3) is 0 Å². The number of cyclic esters (lactones) is 1. The van der Waals surface area contributed by atoms with Crippen molar-refractivity contribution in [3.63, 3.8) is 0 Å². The highest BCUT2D eigenvalue weighted by Gasteiger charge is 2.43. The molecule has 0 bridgehead atoms. The number of carbonyl (C=O) groups is 7. The Hall–Kier alpha value is -5.47. The summed E-state index contributed by atoms with van der Waals surface area (Å²) < 4.78 is 5.33. The summed E-state index contributed by atoms with van der Waals surface area (Å²) in [5, 5.41) is 7.70. The Kier molecular flexibility index (Phi) is 19.0. The third-order valence-corrected chi connectivity index (χ3v) is 10.0. The van der Waals surface area contributed by atoms with Crippen molar-refractivity contribution in [2.24, 2.45) is 5.73 Å². The van der Waals surface area contributed by atoms with E-state index in [9.17, 15) is 33.6 Å². The van der Waals surface area contributed by atoms with E-state index >= 15 is 0 Å². The molecule has 4 fully saturated rings. The highest BCUT2D eigenvalue weighted by atomic mass is 16.5. The van der Waals surface area contributed by atoms with Crippen LogP contribution in [-0.2, 0) is 39.9 Å². The molecule has 4 unspecified atom stereocenters. The predicted molar refractivity (Wildman–Crippen MR) is 217 cm³/mol. The smallest absolute Gasteiger partial charge is 0.328 e. The number of rotatable bonds is 4. The minimum absolute atomic E-state index is 0.00347. The number of nitrogens with two attached hydrogens (primary N) is 1. The van der Waals surface area contributed by atoms with Crippen molar-refractivity contribution in [1.29, 1.82) is 0 Å². The van der Waals surface area contributed by atoms with E-state index in [1.165, 1.54) is 16.0 Å². The SMILES string of the molecule is CC.CC1NC(=O)C2CCCCN2C(=O)C2CCCN2C(=O)CCOC(=O)C2CCCN2C1=O.CCc1ccc(NC(=O)NCC(N)=O)cc1.Cc1ccccc1. The molecule has 4 heterocycles. The highest BCUT2D eigenvalue weighted by molar-refractivity contribution is 5.96. The fraction of sp³-hybridized carbons (Fsp3) is 0.548. The number of nitrogens with zero attached hydrogens (tertiary/aromatic N) is 3. The van der Waals surface area contributed by atoms with E-state index < -0.39 is 42.1 Å². The average Bonchev–Trinajstić information content (AvgIpc) is 3.92. The summed E-state index contributed by atoms with van der Waals surface area (Å²) in [5.74, 6) is -2.24. The lowest BCUT2D eigenvalue weighted by Crippen LogP contribution is -2.59. The molecule has 7 amide bonds. The molecule has 4 aliphatic rings. The standard InChI is InChI=1S/C22H32N4O6.C11H15N3O2.C7H8.C2H6/c1-14-20(29)26-12-5-8-17(26)22(31)32-13-9-18(27)24-11-4-7-16(24)21(30)25-10-3-2-6-15(25)19(28)23-14;1-2-8-3-5-9(6-4-8)14-11(16)13-7-10(12)15;1-7-5-3-2-4-6-7;1-2/h14-17H,2-13H2,1H3,(H,23,28);3-6H,2,7H2,1H3,(H2,12,15)(H2,13,14,16);2-6H,1H3;1-2H3. The molecule has 2 aromatic rings. The van der Waals surface area contributed by atoms with E-state index in [4.69, 9.17) is 10.5 Å². The van der Waals surface area contributed by atoms with Crippen LogP contribution in [0.25, 0.3) is 0 Å². The predicted octanol–water partition coefficient (Wildman–Crippen LogP) is 3.68. The summed E-state index contributed by atoms with van der Waals surface area (Å²) in [6.45, 7) is 10.9. The van der Waals surface area contributed by atoms with E-state index in [1.807, 2.05) is 56.3 Å². The number of aryl methyl sites for hydroxylation is 2. The van der Waals surface area contributed by atoms with Gasteiger partial charge in [-0.25, -0.2) is 9.59 Å². The van der Waals surface area contributed by atoms with E-state index in [0.717, 1.165) is 25.7 Å². The van der Waals surface area contributed by atoms with Gasteiger partial charge < -0.3 is 41.1 Å². The van der Waals surface area contributed by atoms with Gasteiger partial charge in [0.1, 0.15) is 30.8 Å². The second kappa shape index (κ2) is 23.6. The Bertz CT molecular complexity index is 1660. The van der Waals surface area contributed by atoms with E-state index in [2.05, 4.69) is 41.9 Å². The second-order valence-corrected chi connectivity index (χ2v) is 14.1. The summed E-state index contributed by atoms with van der Waals surface area (Å²) in [6.07, 6.45) is 5.54. The van der Waals surface area contributed by atoms with Crippen LogP contribution in [0.1, 0.15) is 90.2 Å². The van der Waals surface area contributed by atoms with Gasteiger partial charge in [-0.3, -0.25) is 24.0 Å². The number of fused-ring (bicyclic) bond motifs is 3. The molecule has 0 aromatic heterocycles. The molecule has 0 spiro atoms. The normalized spacial score (nSPS) is 22.3. The van der Waals surface area contributed by atoms with E-state index in [-0.39, 0.29) is 43.2 Å². The Morgan fingerprint density at radius 3 is 2.00 bits per heavy atom. The van der Waals surface area contributed by atoms with Crippen LogP contribution in [0.2, 0.25) is 0 Å². The number of primary amides is 1. The molecular formula is C42H61N7O8. The summed E-state index contributed by atoms with van der Waals surface area (Å²) in [7, 11) is 0. The third-order valence-electron chi connectivity index (χ3n) is 10.0. The van der Waals surface area contributed by atoms with Crippen LogP contribution in [0.4, 0.5) is 10.5 Å². The van der Waals surface area contributed by atoms with Crippen LogP contribution in [0, 0.1) is 6.92 Å².